The van der Waals surface area contributed by atoms with E-state index in [0.29, 0.717) is 23.3 Å². The molecule has 2 aromatic carbocycles. The molecule has 9 nitrogen and oxygen atoms in total. The first kappa shape index (κ1) is 25.0. The molecule has 0 radical (unpaired) electrons. The van der Waals surface area contributed by atoms with Gasteiger partial charge in [0.2, 0.25) is 0 Å². The highest BCUT2D eigenvalue weighted by atomic mass is 32.2. The number of hydrogen-bond acceptors (Lipinski definition) is 6. The SMILES string of the molecule is CNC(=O)NS(=O)(=O)c1cc(CCNC(=O)c2cc(C(C)C)ccc2OC)ccc1OC. The third kappa shape index (κ3) is 6.13. The van der Waals surface area contributed by atoms with Crippen molar-refractivity contribution in [2.75, 3.05) is 27.8 Å². The van der Waals surface area contributed by atoms with Crippen LogP contribution in [0.25, 0.3) is 0 Å². The molecule has 0 unspecified atom stereocenters. The van der Waals surface area contributed by atoms with Crippen LogP contribution < -0.4 is 24.8 Å². The lowest BCUT2D eigenvalue weighted by molar-refractivity contribution is 0.0951. The number of rotatable bonds is 9. The van der Waals surface area contributed by atoms with Crippen LogP contribution in [-0.2, 0) is 16.4 Å². The van der Waals surface area contributed by atoms with Gasteiger partial charge in [0.15, 0.2) is 0 Å². The van der Waals surface area contributed by atoms with Crippen molar-refractivity contribution in [2.24, 2.45) is 0 Å². The van der Waals surface area contributed by atoms with Gasteiger partial charge in [-0.2, -0.15) is 0 Å². The number of carbonyl (C=O) groups is 2. The average molecular weight is 464 g/mol. The molecule has 3 N–H and O–H groups in total. The lowest BCUT2D eigenvalue weighted by Crippen LogP contribution is -2.37. The number of sulfonamides is 1. The molecule has 0 aliphatic heterocycles. The molecule has 0 atom stereocenters. The van der Waals surface area contributed by atoms with Gasteiger partial charge in [-0.05, 0) is 47.7 Å². The Morgan fingerprint density at radius 2 is 1.66 bits per heavy atom. The minimum absolute atomic E-state index is 0.101. The molecule has 0 heterocycles. The van der Waals surface area contributed by atoms with Crippen molar-refractivity contribution < 1.29 is 27.5 Å². The van der Waals surface area contributed by atoms with Crippen LogP contribution in [-0.4, -0.2) is 48.2 Å². The van der Waals surface area contributed by atoms with Crippen molar-refractivity contribution in [3.8, 4) is 11.5 Å². The van der Waals surface area contributed by atoms with Crippen LogP contribution in [0.3, 0.4) is 0 Å². The average Bonchev–Trinajstić information content (AvgIpc) is 2.77. The highest BCUT2D eigenvalue weighted by Gasteiger charge is 2.22. The predicted molar refractivity (Wildman–Crippen MR) is 121 cm³/mol. The van der Waals surface area contributed by atoms with Crippen molar-refractivity contribution in [2.45, 2.75) is 31.1 Å². The Bertz CT molecular complexity index is 1080. The first-order valence-electron chi connectivity index (χ1n) is 10.0. The van der Waals surface area contributed by atoms with Crippen molar-refractivity contribution in [3.63, 3.8) is 0 Å². The van der Waals surface area contributed by atoms with Gasteiger partial charge in [-0.25, -0.2) is 17.9 Å². The fourth-order valence-corrected chi connectivity index (χ4v) is 4.17. The van der Waals surface area contributed by atoms with Gasteiger partial charge in [0, 0.05) is 13.6 Å². The largest absolute Gasteiger partial charge is 0.496 e. The van der Waals surface area contributed by atoms with Gasteiger partial charge in [-0.15, -0.1) is 0 Å². The Morgan fingerprint density at radius 3 is 2.25 bits per heavy atom. The van der Waals surface area contributed by atoms with E-state index < -0.39 is 16.1 Å². The predicted octanol–water partition coefficient (Wildman–Crippen LogP) is 2.42. The number of nitrogens with one attached hydrogen (secondary N) is 3. The van der Waals surface area contributed by atoms with E-state index in [-0.39, 0.29) is 29.0 Å². The fourth-order valence-electron chi connectivity index (χ4n) is 2.99. The second-order valence-corrected chi connectivity index (χ2v) is 8.94. The second-order valence-electron chi connectivity index (χ2n) is 7.29. The maximum atomic E-state index is 12.7. The molecule has 0 aliphatic carbocycles. The zero-order chi connectivity index (χ0) is 23.9. The van der Waals surface area contributed by atoms with Crippen molar-refractivity contribution in [1.29, 1.82) is 0 Å². The van der Waals surface area contributed by atoms with Crippen molar-refractivity contribution >= 4 is 22.0 Å². The molecule has 0 bridgehead atoms. The number of methoxy groups -OCH3 is 2. The molecule has 0 fully saturated rings. The van der Waals surface area contributed by atoms with Crippen LogP contribution in [0.5, 0.6) is 11.5 Å². The molecule has 0 saturated carbocycles. The zero-order valence-corrected chi connectivity index (χ0v) is 19.6. The Labute approximate surface area is 188 Å². The van der Waals surface area contributed by atoms with Crippen LogP contribution in [0.4, 0.5) is 4.79 Å². The summed E-state index contributed by atoms with van der Waals surface area (Å²) in [4.78, 5) is 24.0. The standard InChI is InChI=1S/C22H29N3O6S/c1-14(2)16-7-9-18(30-4)17(13-16)21(26)24-11-10-15-6-8-19(31-5)20(12-15)32(28,29)25-22(27)23-3/h6-9,12-14H,10-11H2,1-5H3,(H,24,26)(H2,23,25,27). The topological polar surface area (TPSA) is 123 Å². The van der Waals surface area contributed by atoms with Gasteiger partial charge in [-0.1, -0.05) is 26.0 Å². The molecule has 0 aliphatic rings. The van der Waals surface area contributed by atoms with Crippen LogP contribution in [0, 0.1) is 0 Å². The van der Waals surface area contributed by atoms with E-state index in [9.17, 15) is 18.0 Å². The van der Waals surface area contributed by atoms with E-state index in [4.69, 9.17) is 9.47 Å². The van der Waals surface area contributed by atoms with Crippen molar-refractivity contribution in [1.82, 2.24) is 15.4 Å². The summed E-state index contributed by atoms with van der Waals surface area (Å²) in [6.45, 7) is 4.35. The molecule has 2 aromatic rings. The molecule has 3 amide bonds. The lowest BCUT2D eigenvalue weighted by atomic mass is 10.00. The number of urea groups is 1. The smallest absolute Gasteiger partial charge is 0.328 e. The first-order chi connectivity index (χ1) is 15.1. The molecule has 10 heteroatoms. The molecular formula is C22H29N3O6S. The molecule has 32 heavy (non-hydrogen) atoms. The minimum atomic E-state index is -4.13. The summed E-state index contributed by atoms with van der Waals surface area (Å²) in [5.74, 6) is 0.553. The lowest BCUT2D eigenvalue weighted by Gasteiger charge is -2.14. The van der Waals surface area contributed by atoms with E-state index in [1.165, 1.54) is 33.4 Å². The molecule has 2 rings (SSSR count). The Kier molecular flexibility index (Phi) is 8.48. The third-order valence-corrected chi connectivity index (χ3v) is 6.16. The van der Waals surface area contributed by atoms with E-state index in [1.807, 2.05) is 24.6 Å². The summed E-state index contributed by atoms with van der Waals surface area (Å²) in [6.07, 6.45) is 0.365. The molecule has 0 saturated heterocycles. The first-order valence-corrected chi connectivity index (χ1v) is 11.5. The summed E-state index contributed by atoms with van der Waals surface area (Å²) in [5.41, 5.74) is 2.10. The highest BCUT2D eigenvalue weighted by Crippen LogP contribution is 2.26. The maximum absolute atomic E-state index is 12.7. The van der Waals surface area contributed by atoms with E-state index in [0.717, 1.165) is 5.56 Å². The minimum Gasteiger partial charge on any atom is -0.496 e. The van der Waals surface area contributed by atoms with Gasteiger partial charge >= 0.3 is 6.03 Å². The number of benzene rings is 2. The van der Waals surface area contributed by atoms with Gasteiger partial charge in [0.05, 0.1) is 19.8 Å². The molecule has 174 valence electrons. The number of hydrogen-bond donors (Lipinski definition) is 3. The van der Waals surface area contributed by atoms with Gasteiger partial charge < -0.3 is 20.1 Å². The second kappa shape index (κ2) is 10.9. The van der Waals surface area contributed by atoms with Gasteiger partial charge in [-0.3, -0.25) is 4.79 Å². The zero-order valence-electron chi connectivity index (χ0n) is 18.8. The van der Waals surface area contributed by atoms with Crippen LogP contribution in [0.2, 0.25) is 0 Å². The molecule has 0 spiro atoms. The van der Waals surface area contributed by atoms with Gasteiger partial charge in [0.25, 0.3) is 15.9 Å². The Balaban J connectivity index is 2.16. The molecule has 0 aromatic heterocycles. The summed E-state index contributed by atoms with van der Waals surface area (Å²) in [6, 6.07) is 9.25. The Morgan fingerprint density at radius 1 is 1.00 bits per heavy atom. The maximum Gasteiger partial charge on any atom is 0.328 e. The fraction of sp³-hybridized carbons (Fsp3) is 0.364. The van der Waals surface area contributed by atoms with E-state index in [2.05, 4.69) is 10.6 Å². The monoisotopic (exact) mass is 463 g/mol. The summed E-state index contributed by atoms with van der Waals surface area (Å²) < 4.78 is 37.4. The number of ether oxygens (including phenoxy) is 2. The number of carbonyl (C=O) groups excluding carboxylic acids is 2. The summed E-state index contributed by atoms with van der Waals surface area (Å²) >= 11 is 0. The normalized spacial score (nSPS) is 11.1. The third-order valence-electron chi connectivity index (χ3n) is 4.81. The van der Waals surface area contributed by atoms with E-state index >= 15 is 0 Å². The highest BCUT2D eigenvalue weighted by molar-refractivity contribution is 7.90. The van der Waals surface area contributed by atoms with Crippen LogP contribution >= 0.6 is 0 Å². The van der Waals surface area contributed by atoms with E-state index in [1.54, 1.807) is 18.2 Å². The number of amides is 3. The summed E-state index contributed by atoms with van der Waals surface area (Å²) in [7, 11) is 0.0258. The van der Waals surface area contributed by atoms with Crippen LogP contribution in [0.15, 0.2) is 41.3 Å². The van der Waals surface area contributed by atoms with Gasteiger partial charge in [0.1, 0.15) is 16.4 Å². The van der Waals surface area contributed by atoms with Crippen LogP contribution in [0.1, 0.15) is 41.3 Å². The molecular weight excluding hydrogens is 434 g/mol. The summed E-state index contributed by atoms with van der Waals surface area (Å²) in [5, 5.41) is 5.03. The quantitative estimate of drug-likeness (QED) is 0.525. The van der Waals surface area contributed by atoms with Crippen molar-refractivity contribution in [3.05, 3.63) is 53.1 Å². The Hall–Kier alpha value is -3.27.